The van der Waals surface area contributed by atoms with Gasteiger partial charge in [-0.3, -0.25) is 0 Å². The molecule has 0 atom stereocenters. The number of rotatable bonds is 34. The zero-order valence-electron chi connectivity index (χ0n) is 49.7. The predicted molar refractivity (Wildman–Crippen MR) is 325 cm³/mol. The molecule has 5 rings (SSSR count). The summed E-state index contributed by atoms with van der Waals surface area (Å²) >= 11 is -22.5. The summed E-state index contributed by atoms with van der Waals surface area (Å²) in [5.74, 6) is 0. The van der Waals surface area contributed by atoms with Crippen LogP contribution in [-0.2, 0) is 0 Å². The van der Waals surface area contributed by atoms with Gasteiger partial charge in [0.05, 0.1) is 0 Å². The molecule has 82 heavy (non-hydrogen) atoms. The van der Waals surface area contributed by atoms with Crippen LogP contribution in [0.2, 0.25) is 0 Å². The van der Waals surface area contributed by atoms with Crippen LogP contribution >= 0.6 is 0 Å². The SMILES string of the molecule is CCCCN(CCCC)c1ccc([NH+](c2ccc(N(CCCC)CCCC)cc2)c2ccc([NH+](c3ccc(N(CCCC)CCCC)cc3)c3ccc(N(CCCC)CCCC)cc3)cc2)cc1.[F][Sb-]([F])([F])([F])([F])[F].[F][Sb-]([F])([F])([F])([F])[F]. The van der Waals surface area contributed by atoms with E-state index in [0.29, 0.717) is 0 Å². The van der Waals surface area contributed by atoms with Crippen molar-refractivity contribution in [2.75, 3.05) is 72.0 Å². The van der Waals surface area contributed by atoms with E-state index >= 15 is 0 Å². The third-order valence-corrected chi connectivity index (χ3v) is 13.8. The van der Waals surface area contributed by atoms with E-state index in [1.54, 1.807) is 0 Å². The number of halogens is 12. The van der Waals surface area contributed by atoms with Gasteiger partial charge in [-0.25, -0.2) is 9.80 Å². The zero-order chi connectivity index (χ0) is 61.2. The van der Waals surface area contributed by atoms with Crippen LogP contribution in [0.5, 0.6) is 0 Å². The van der Waals surface area contributed by atoms with E-state index in [-0.39, 0.29) is 0 Å². The van der Waals surface area contributed by atoms with Crippen molar-refractivity contribution in [3.63, 3.8) is 0 Å². The van der Waals surface area contributed by atoms with Crippen molar-refractivity contribution in [2.24, 2.45) is 0 Å². The Hall–Kier alpha value is -3.98. The number of benzene rings is 5. The Morgan fingerprint density at radius 2 is 0.341 bits per heavy atom. The number of nitrogens with one attached hydrogen (secondary N) is 2. The first-order valence-electron chi connectivity index (χ1n) is 29.7. The molecule has 0 spiro atoms. The topological polar surface area (TPSA) is 21.8 Å². The van der Waals surface area contributed by atoms with Crippen LogP contribution in [0.1, 0.15) is 158 Å². The molecule has 0 aromatic heterocycles. The van der Waals surface area contributed by atoms with Gasteiger partial charge in [-0.2, -0.15) is 0 Å². The molecule has 6 nitrogen and oxygen atoms in total. The molecule has 0 radical (unpaired) electrons. The quantitative estimate of drug-likeness (QED) is 0.0316. The summed E-state index contributed by atoms with van der Waals surface area (Å²) in [6.07, 6.45) is 19.4. The second-order valence-corrected chi connectivity index (χ2v) is 32.1. The van der Waals surface area contributed by atoms with Crippen LogP contribution in [0, 0.1) is 0 Å². The van der Waals surface area contributed by atoms with Gasteiger partial charge in [-0.05, 0) is 99.9 Å². The standard InChI is InChI=1S/C62H92N6.12FH.2Sb/c1-9-17-45-63(46-18-10-2)53-25-33-57(34-26-53)67(58-35-27-54(28-36-58)64(47-19-11-3)48-20-12-4)61-41-43-62(44-42-61)68(59-37-29-55(30-38-59)65(49-21-13-5)50-22-14-6)60-39-31-56(32-40-60)66(51-23-15-7)52-24-16-8;;;;;;;;;;;;;;/h25-44H,9-24,45-52H2,1-8H3;12*1H;;/q;;;;;;;;;;;;;2*+5/p-10. The van der Waals surface area contributed by atoms with E-state index in [2.05, 4.69) is 196 Å². The second-order valence-electron chi connectivity index (χ2n) is 21.2. The summed E-state index contributed by atoms with van der Waals surface area (Å²) in [6.45, 7) is 27.3. The van der Waals surface area contributed by atoms with Gasteiger partial charge in [0.2, 0.25) is 0 Å². The number of unbranched alkanes of at least 4 members (excludes halogenated alkanes) is 8. The molecule has 2 N–H and O–H groups in total. The van der Waals surface area contributed by atoms with Crippen LogP contribution < -0.4 is 29.4 Å². The molecule has 0 bridgehead atoms. The number of hydrogen-bond donors (Lipinski definition) is 2. The Morgan fingerprint density at radius 1 is 0.232 bits per heavy atom. The number of quaternary nitrogens is 2. The van der Waals surface area contributed by atoms with Crippen molar-refractivity contribution in [3.8, 4) is 0 Å². The van der Waals surface area contributed by atoms with E-state index in [4.69, 9.17) is 0 Å². The molecule has 466 valence electrons. The Kier molecular flexibility index (Phi) is 28.2. The maximum atomic E-state index is 9.93. The Bertz CT molecular complexity index is 2180. The molecular weight excluding hydrogens is 1300 g/mol. The van der Waals surface area contributed by atoms with Gasteiger partial charge in [0, 0.05) is 148 Å². The minimum absolute atomic E-state index is 1.11. The van der Waals surface area contributed by atoms with E-state index < -0.39 is 39.0 Å². The molecule has 0 saturated carbocycles. The predicted octanol–water partition coefficient (Wildman–Crippen LogP) is 20.0. The third-order valence-electron chi connectivity index (χ3n) is 13.8. The summed E-state index contributed by atoms with van der Waals surface area (Å²) in [4.78, 5) is 13.0. The molecule has 0 aliphatic rings. The van der Waals surface area contributed by atoms with Gasteiger partial charge >= 0.3 is 72.7 Å². The van der Waals surface area contributed by atoms with Crippen LogP contribution in [0.3, 0.4) is 0 Å². The molecule has 5 aromatic rings. The number of hydrogen-bond acceptors (Lipinski definition) is 4. The van der Waals surface area contributed by atoms with Gasteiger partial charge in [-0.1, -0.05) is 107 Å². The first-order chi connectivity index (χ1) is 38.3. The van der Waals surface area contributed by atoms with E-state index in [9.17, 15) is 33.8 Å². The number of anilines is 4. The first-order valence-corrected chi connectivity index (χ1v) is 41.3. The summed E-state index contributed by atoms with van der Waals surface area (Å²) in [5, 5.41) is 0. The van der Waals surface area contributed by atoms with Crippen molar-refractivity contribution in [2.45, 2.75) is 158 Å². The molecule has 0 unspecified atom stereocenters. The average Bonchev–Trinajstić information content (AvgIpc) is 3.43. The monoisotopic (exact) mass is 1390 g/mol. The fourth-order valence-electron chi connectivity index (χ4n) is 9.43. The average molecular weight is 1390 g/mol. The van der Waals surface area contributed by atoms with Crippen molar-refractivity contribution in [1.82, 2.24) is 0 Å². The summed E-state index contributed by atoms with van der Waals surface area (Å²) in [5.41, 5.74) is 12.8. The van der Waals surface area contributed by atoms with Crippen LogP contribution in [-0.4, -0.2) is 91.3 Å². The summed E-state index contributed by atoms with van der Waals surface area (Å²) < 4.78 is 119. The van der Waals surface area contributed by atoms with Gasteiger partial charge in [0.1, 0.15) is 34.1 Å². The van der Waals surface area contributed by atoms with Crippen molar-refractivity contribution < 1.29 is 43.6 Å². The molecule has 0 aliphatic carbocycles. The molecule has 0 amide bonds. The van der Waals surface area contributed by atoms with Crippen molar-refractivity contribution >= 4 is 95.8 Å². The van der Waals surface area contributed by atoms with Crippen molar-refractivity contribution in [3.05, 3.63) is 121 Å². The molecule has 0 saturated heterocycles. The molecule has 20 heteroatoms. The Labute approximate surface area is 487 Å². The zero-order valence-corrected chi connectivity index (χ0v) is 54.8. The van der Waals surface area contributed by atoms with Crippen LogP contribution in [0.25, 0.3) is 0 Å². The fourth-order valence-corrected chi connectivity index (χ4v) is 9.43. The van der Waals surface area contributed by atoms with Gasteiger partial charge < -0.3 is 19.6 Å². The molecule has 0 aliphatic heterocycles. The van der Waals surface area contributed by atoms with Crippen molar-refractivity contribution in [1.29, 1.82) is 0 Å². The molecular formula is C62H94F12N6Sb2. The third kappa shape index (κ3) is 30.7. The molecule has 0 heterocycles. The summed E-state index contributed by atoms with van der Waals surface area (Å²) in [6, 6.07) is 47.5. The molecule has 5 aromatic carbocycles. The Morgan fingerprint density at radius 3 is 0.451 bits per heavy atom. The van der Waals surface area contributed by atoms with Crippen LogP contribution in [0.15, 0.2) is 121 Å². The first kappa shape index (κ1) is 72.3. The summed E-state index contributed by atoms with van der Waals surface area (Å²) in [7, 11) is 0. The van der Waals surface area contributed by atoms with Gasteiger partial charge in [-0.15, -0.1) is 0 Å². The second kappa shape index (κ2) is 32.0. The van der Waals surface area contributed by atoms with E-state index in [1.165, 1.54) is 169 Å². The van der Waals surface area contributed by atoms with Gasteiger partial charge in [0.15, 0.2) is 0 Å². The van der Waals surface area contributed by atoms with Crippen LogP contribution in [0.4, 0.5) is 90.6 Å². The number of nitrogens with zero attached hydrogens (tertiary/aromatic N) is 4. The Balaban J connectivity index is 0.00000111. The minimum atomic E-state index is -11.2. The van der Waals surface area contributed by atoms with E-state index in [0.717, 1.165) is 52.4 Å². The van der Waals surface area contributed by atoms with E-state index in [1.807, 2.05) is 0 Å². The normalized spacial score (nSPS) is 13.4. The molecule has 0 fully saturated rings. The maximum absolute atomic E-state index is 11.2. The fraction of sp³-hybridized carbons (Fsp3) is 0.516. The van der Waals surface area contributed by atoms with Gasteiger partial charge in [0.25, 0.3) is 0 Å².